The summed E-state index contributed by atoms with van der Waals surface area (Å²) in [5.74, 6) is 3.12. The van der Waals surface area contributed by atoms with Crippen molar-refractivity contribution in [3.05, 3.63) is 29.8 Å². The topological polar surface area (TPSA) is 49.3 Å². The molecule has 1 aliphatic heterocycles. The van der Waals surface area contributed by atoms with Crippen molar-refractivity contribution in [3.63, 3.8) is 0 Å². The van der Waals surface area contributed by atoms with Crippen LogP contribution in [0.15, 0.2) is 24.3 Å². The van der Waals surface area contributed by atoms with Crippen LogP contribution in [0.25, 0.3) is 0 Å². The largest absolute Gasteiger partial charge is 0.465 e. The van der Waals surface area contributed by atoms with Crippen LogP contribution in [0.5, 0.6) is 0 Å². The number of hydrogen-bond donors (Lipinski definition) is 2. The number of hydrogen-bond acceptors (Lipinski definition) is 2. The molecule has 0 aliphatic carbocycles. The summed E-state index contributed by atoms with van der Waals surface area (Å²) < 4.78 is 0. The number of anilines is 1. The van der Waals surface area contributed by atoms with Gasteiger partial charge in [0, 0.05) is 5.69 Å². The van der Waals surface area contributed by atoms with Crippen molar-refractivity contribution in [2.45, 2.75) is 18.8 Å². The summed E-state index contributed by atoms with van der Waals surface area (Å²) >= 11 is 2.01. The molecule has 86 valence electrons. The Morgan fingerprint density at radius 2 is 1.88 bits per heavy atom. The molecule has 3 nitrogen and oxygen atoms in total. The van der Waals surface area contributed by atoms with E-state index < -0.39 is 6.09 Å². The predicted octanol–water partition coefficient (Wildman–Crippen LogP) is 3.39. The average molecular weight is 237 g/mol. The average Bonchev–Trinajstić information content (AvgIpc) is 2.30. The van der Waals surface area contributed by atoms with Crippen LogP contribution in [0.2, 0.25) is 0 Å². The van der Waals surface area contributed by atoms with E-state index in [0.29, 0.717) is 11.6 Å². The zero-order valence-electron chi connectivity index (χ0n) is 8.98. The van der Waals surface area contributed by atoms with Crippen molar-refractivity contribution < 1.29 is 9.90 Å². The Labute approximate surface area is 99.2 Å². The first kappa shape index (κ1) is 11.3. The highest BCUT2D eigenvalue weighted by Crippen LogP contribution is 2.31. The van der Waals surface area contributed by atoms with Crippen LogP contribution in [0, 0.1) is 0 Å². The molecule has 0 saturated carbocycles. The predicted molar refractivity (Wildman–Crippen MR) is 67.4 cm³/mol. The first-order valence-electron chi connectivity index (χ1n) is 5.43. The molecular weight excluding hydrogens is 222 g/mol. The highest BCUT2D eigenvalue weighted by Gasteiger charge is 2.15. The third-order valence-corrected chi connectivity index (χ3v) is 3.90. The van der Waals surface area contributed by atoms with Gasteiger partial charge < -0.3 is 5.11 Å². The number of rotatable bonds is 2. The second-order valence-electron chi connectivity index (χ2n) is 3.94. The summed E-state index contributed by atoms with van der Waals surface area (Å²) in [5.41, 5.74) is 1.97. The standard InChI is InChI=1S/C12H15NO2S/c14-12(15)13-11-3-1-9(2-4-11)10-5-7-16-8-6-10/h1-4,10,13H,5-8H2,(H,14,15). The quantitative estimate of drug-likeness (QED) is 0.829. The van der Waals surface area contributed by atoms with Gasteiger partial charge in [-0.15, -0.1) is 0 Å². The normalized spacial score (nSPS) is 17.0. The third kappa shape index (κ3) is 2.92. The van der Waals surface area contributed by atoms with Crippen molar-refractivity contribution in [1.29, 1.82) is 0 Å². The summed E-state index contributed by atoms with van der Waals surface area (Å²) in [6.45, 7) is 0. The van der Waals surface area contributed by atoms with Gasteiger partial charge in [-0.2, -0.15) is 11.8 Å². The second kappa shape index (κ2) is 5.25. The van der Waals surface area contributed by atoms with Crippen LogP contribution in [-0.4, -0.2) is 22.7 Å². The Morgan fingerprint density at radius 1 is 1.25 bits per heavy atom. The van der Waals surface area contributed by atoms with Gasteiger partial charge in [0.05, 0.1) is 0 Å². The van der Waals surface area contributed by atoms with Crippen LogP contribution in [0.3, 0.4) is 0 Å². The van der Waals surface area contributed by atoms with E-state index in [9.17, 15) is 4.79 Å². The lowest BCUT2D eigenvalue weighted by Gasteiger charge is -2.21. The van der Waals surface area contributed by atoms with Crippen LogP contribution in [-0.2, 0) is 0 Å². The molecule has 0 radical (unpaired) electrons. The van der Waals surface area contributed by atoms with Crippen LogP contribution >= 0.6 is 11.8 Å². The maximum Gasteiger partial charge on any atom is 0.409 e. The molecule has 1 saturated heterocycles. The number of amides is 1. The summed E-state index contributed by atoms with van der Waals surface area (Å²) in [4.78, 5) is 10.4. The second-order valence-corrected chi connectivity index (χ2v) is 5.16. The summed E-state index contributed by atoms with van der Waals surface area (Å²) in [7, 11) is 0. The minimum atomic E-state index is -1.01. The molecule has 1 aromatic carbocycles. The van der Waals surface area contributed by atoms with Gasteiger partial charge in [0.1, 0.15) is 0 Å². The Kier molecular flexibility index (Phi) is 3.72. The van der Waals surface area contributed by atoms with E-state index in [1.54, 1.807) is 0 Å². The van der Waals surface area contributed by atoms with Gasteiger partial charge in [0.25, 0.3) is 0 Å². The van der Waals surface area contributed by atoms with Gasteiger partial charge in [0.15, 0.2) is 0 Å². The number of carboxylic acid groups (broad SMARTS) is 1. The molecule has 1 heterocycles. The van der Waals surface area contributed by atoms with Crippen molar-refractivity contribution in [2.75, 3.05) is 16.8 Å². The number of thioether (sulfide) groups is 1. The molecule has 16 heavy (non-hydrogen) atoms. The molecule has 4 heteroatoms. The lowest BCUT2D eigenvalue weighted by molar-refractivity contribution is 0.210. The van der Waals surface area contributed by atoms with E-state index in [1.807, 2.05) is 36.0 Å². The molecule has 0 bridgehead atoms. The van der Waals surface area contributed by atoms with E-state index in [0.717, 1.165) is 0 Å². The van der Waals surface area contributed by atoms with Crippen molar-refractivity contribution in [3.8, 4) is 0 Å². The van der Waals surface area contributed by atoms with E-state index in [1.165, 1.54) is 29.9 Å². The molecule has 0 atom stereocenters. The molecule has 1 aromatic rings. The SMILES string of the molecule is O=C(O)Nc1ccc(C2CCSCC2)cc1. The lowest BCUT2D eigenvalue weighted by Crippen LogP contribution is -2.09. The highest BCUT2D eigenvalue weighted by atomic mass is 32.2. The highest BCUT2D eigenvalue weighted by molar-refractivity contribution is 7.99. The van der Waals surface area contributed by atoms with Gasteiger partial charge in [-0.1, -0.05) is 12.1 Å². The van der Waals surface area contributed by atoms with E-state index in [4.69, 9.17) is 5.11 Å². The molecule has 0 unspecified atom stereocenters. The van der Waals surface area contributed by atoms with Crippen molar-refractivity contribution in [1.82, 2.24) is 0 Å². The first-order valence-corrected chi connectivity index (χ1v) is 6.59. The van der Waals surface area contributed by atoms with E-state index >= 15 is 0 Å². The van der Waals surface area contributed by atoms with Gasteiger partial charge in [-0.25, -0.2) is 4.79 Å². The van der Waals surface area contributed by atoms with Gasteiger partial charge in [-0.3, -0.25) is 5.32 Å². The Hall–Kier alpha value is -1.16. The maximum atomic E-state index is 10.4. The molecular formula is C12H15NO2S. The Bertz CT molecular complexity index is 358. The molecule has 0 aromatic heterocycles. The van der Waals surface area contributed by atoms with Crippen molar-refractivity contribution in [2.24, 2.45) is 0 Å². The van der Waals surface area contributed by atoms with Gasteiger partial charge in [0.2, 0.25) is 0 Å². The fourth-order valence-corrected chi connectivity index (χ4v) is 3.10. The zero-order valence-corrected chi connectivity index (χ0v) is 9.80. The molecule has 0 spiro atoms. The molecule has 2 N–H and O–H groups in total. The summed E-state index contributed by atoms with van der Waals surface area (Å²) in [6, 6.07) is 7.74. The van der Waals surface area contributed by atoms with Gasteiger partial charge in [-0.05, 0) is 48.0 Å². The molecule has 1 aliphatic rings. The fraction of sp³-hybridized carbons (Fsp3) is 0.417. The maximum absolute atomic E-state index is 10.4. The molecule has 2 rings (SSSR count). The zero-order chi connectivity index (χ0) is 11.4. The number of benzene rings is 1. The van der Waals surface area contributed by atoms with Crippen LogP contribution in [0.1, 0.15) is 24.3 Å². The monoisotopic (exact) mass is 237 g/mol. The number of nitrogens with one attached hydrogen (secondary N) is 1. The smallest absolute Gasteiger partial charge is 0.409 e. The van der Waals surface area contributed by atoms with Crippen LogP contribution in [0.4, 0.5) is 10.5 Å². The third-order valence-electron chi connectivity index (χ3n) is 2.85. The van der Waals surface area contributed by atoms with E-state index in [-0.39, 0.29) is 0 Å². The van der Waals surface area contributed by atoms with E-state index in [2.05, 4.69) is 5.32 Å². The fourth-order valence-electron chi connectivity index (χ4n) is 1.99. The molecule has 1 fully saturated rings. The minimum absolute atomic E-state index is 0.640. The lowest BCUT2D eigenvalue weighted by atomic mass is 9.93. The summed E-state index contributed by atoms with van der Waals surface area (Å²) in [5, 5.41) is 10.9. The Balaban J connectivity index is 2.03. The first-order chi connectivity index (χ1) is 7.75. The van der Waals surface area contributed by atoms with Crippen molar-refractivity contribution >= 4 is 23.5 Å². The number of carbonyl (C=O) groups is 1. The molecule has 1 amide bonds. The minimum Gasteiger partial charge on any atom is -0.465 e. The van der Waals surface area contributed by atoms with Gasteiger partial charge >= 0.3 is 6.09 Å². The Morgan fingerprint density at radius 3 is 2.44 bits per heavy atom. The van der Waals surface area contributed by atoms with Crippen LogP contribution < -0.4 is 5.32 Å². The summed E-state index contributed by atoms with van der Waals surface area (Å²) in [6.07, 6.45) is 1.45.